The van der Waals surface area contributed by atoms with Crippen LogP contribution in [0.25, 0.3) is 0 Å². The first-order chi connectivity index (χ1) is 10.0. The van der Waals surface area contributed by atoms with Gasteiger partial charge in [0.25, 0.3) is 0 Å². The average molecular weight is 295 g/mol. The first-order valence-corrected chi connectivity index (χ1v) is 8.51. The Kier molecular flexibility index (Phi) is 5.65. The summed E-state index contributed by atoms with van der Waals surface area (Å²) in [6.07, 6.45) is 10.5. The van der Waals surface area contributed by atoms with Crippen LogP contribution in [0.4, 0.5) is 0 Å². The van der Waals surface area contributed by atoms with Gasteiger partial charge in [-0.25, -0.2) is 0 Å². The molecule has 0 atom stereocenters. The topological polar surface area (TPSA) is 57.6 Å². The van der Waals surface area contributed by atoms with Gasteiger partial charge in [0.1, 0.15) is 0 Å². The van der Waals surface area contributed by atoms with E-state index in [0.717, 1.165) is 32.2 Å². The second-order valence-corrected chi connectivity index (χ2v) is 7.10. The van der Waals surface area contributed by atoms with Crippen LogP contribution in [0.5, 0.6) is 0 Å². The van der Waals surface area contributed by atoms with Crippen molar-refractivity contribution in [2.75, 3.05) is 13.6 Å². The summed E-state index contributed by atoms with van der Waals surface area (Å²) in [7, 11) is 1.84. The Morgan fingerprint density at radius 1 is 1.05 bits per heavy atom. The van der Waals surface area contributed by atoms with Gasteiger partial charge in [0.15, 0.2) is 0 Å². The summed E-state index contributed by atoms with van der Waals surface area (Å²) in [6.45, 7) is 0.800. The molecule has 120 valence electrons. The highest BCUT2D eigenvalue weighted by atomic mass is 16.4. The van der Waals surface area contributed by atoms with Crippen LogP contribution in [0.3, 0.4) is 0 Å². The van der Waals surface area contributed by atoms with Gasteiger partial charge < -0.3 is 10.0 Å². The number of amides is 1. The molecule has 0 radical (unpaired) electrons. The molecule has 1 amide bonds. The summed E-state index contributed by atoms with van der Waals surface area (Å²) in [4.78, 5) is 26.0. The second-order valence-electron chi connectivity index (χ2n) is 7.10. The zero-order chi connectivity index (χ0) is 15.3. The van der Waals surface area contributed by atoms with Crippen molar-refractivity contribution in [3.8, 4) is 0 Å². The number of hydrogen-bond acceptors (Lipinski definition) is 2. The SMILES string of the molecule is CN(CC1CCCC1)C(=O)CC1(C(=O)O)CCCCCC1. The van der Waals surface area contributed by atoms with Crippen molar-refractivity contribution in [1.82, 2.24) is 4.90 Å². The molecule has 0 aromatic rings. The van der Waals surface area contributed by atoms with Gasteiger partial charge in [0.2, 0.25) is 5.91 Å². The lowest BCUT2D eigenvalue weighted by molar-refractivity contribution is -0.154. The number of nitrogens with zero attached hydrogens (tertiary/aromatic N) is 1. The lowest BCUT2D eigenvalue weighted by Crippen LogP contribution is -2.39. The van der Waals surface area contributed by atoms with Crippen LogP contribution in [0, 0.1) is 11.3 Å². The quantitative estimate of drug-likeness (QED) is 0.790. The smallest absolute Gasteiger partial charge is 0.310 e. The fraction of sp³-hybridized carbons (Fsp3) is 0.882. The molecule has 0 spiro atoms. The highest BCUT2D eigenvalue weighted by Gasteiger charge is 2.41. The number of rotatable bonds is 5. The van der Waals surface area contributed by atoms with Crippen molar-refractivity contribution in [3.05, 3.63) is 0 Å². The summed E-state index contributed by atoms with van der Waals surface area (Å²) >= 11 is 0. The van der Waals surface area contributed by atoms with Crippen molar-refractivity contribution in [1.29, 1.82) is 0 Å². The molecule has 2 saturated carbocycles. The van der Waals surface area contributed by atoms with Gasteiger partial charge in [-0.1, -0.05) is 38.5 Å². The normalized spacial score (nSPS) is 22.7. The summed E-state index contributed by atoms with van der Waals surface area (Å²) in [6, 6.07) is 0. The molecule has 0 saturated heterocycles. The Balaban J connectivity index is 1.95. The number of carbonyl (C=O) groups excluding carboxylic acids is 1. The van der Waals surface area contributed by atoms with Crippen LogP contribution >= 0.6 is 0 Å². The van der Waals surface area contributed by atoms with Crippen molar-refractivity contribution in [3.63, 3.8) is 0 Å². The van der Waals surface area contributed by atoms with Crippen LogP contribution in [0.1, 0.15) is 70.6 Å². The maximum Gasteiger partial charge on any atom is 0.310 e. The third-order valence-electron chi connectivity index (χ3n) is 5.44. The predicted molar refractivity (Wildman–Crippen MR) is 82.0 cm³/mol. The molecule has 2 aliphatic carbocycles. The minimum absolute atomic E-state index is 0.0196. The molecule has 0 heterocycles. The first kappa shape index (κ1) is 16.3. The van der Waals surface area contributed by atoms with E-state index in [1.54, 1.807) is 4.90 Å². The van der Waals surface area contributed by atoms with Crippen LogP contribution < -0.4 is 0 Å². The molecule has 4 nitrogen and oxygen atoms in total. The molecular weight excluding hydrogens is 266 g/mol. The summed E-state index contributed by atoms with van der Waals surface area (Å²) in [5, 5.41) is 9.66. The molecule has 4 heteroatoms. The number of hydrogen-bond donors (Lipinski definition) is 1. The summed E-state index contributed by atoms with van der Waals surface area (Å²) in [5.74, 6) is -0.132. The summed E-state index contributed by atoms with van der Waals surface area (Å²) < 4.78 is 0. The van der Waals surface area contributed by atoms with Gasteiger partial charge in [-0.2, -0.15) is 0 Å². The lowest BCUT2D eigenvalue weighted by atomic mass is 9.77. The fourth-order valence-electron chi connectivity index (χ4n) is 3.98. The van der Waals surface area contributed by atoms with Gasteiger partial charge in [0.05, 0.1) is 5.41 Å². The molecular formula is C17H29NO3. The van der Waals surface area contributed by atoms with E-state index in [1.807, 2.05) is 7.05 Å². The molecule has 0 unspecified atom stereocenters. The number of carbonyl (C=O) groups is 2. The monoisotopic (exact) mass is 295 g/mol. The predicted octanol–water partition coefficient (Wildman–Crippen LogP) is 3.45. The van der Waals surface area contributed by atoms with Gasteiger partial charge in [0, 0.05) is 20.0 Å². The maximum atomic E-state index is 12.5. The highest BCUT2D eigenvalue weighted by molar-refractivity contribution is 5.85. The van der Waals surface area contributed by atoms with Crippen molar-refractivity contribution in [2.24, 2.45) is 11.3 Å². The molecule has 0 aliphatic heterocycles. The average Bonchev–Trinajstić information content (AvgIpc) is 2.83. The molecule has 2 fully saturated rings. The number of aliphatic carboxylic acids is 1. The van der Waals surface area contributed by atoms with Crippen LogP contribution in [-0.4, -0.2) is 35.5 Å². The standard InChI is InChI=1S/C17H29NO3/c1-18(13-14-8-4-5-9-14)15(19)12-17(16(20)21)10-6-2-3-7-11-17/h14H,2-13H2,1H3,(H,20,21). The minimum Gasteiger partial charge on any atom is -0.481 e. The second kappa shape index (κ2) is 7.28. The van der Waals surface area contributed by atoms with Gasteiger partial charge in [-0.15, -0.1) is 0 Å². The van der Waals surface area contributed by atoms with Gasteiger partial charge >= 0.3 is 5.97 Å². The molecule has 0 aromatic heterocycles. The van der Waals surface area contributed by atoms with Crippen LogP contribution in [-0.2, 0) is 9.59 Å². The van der Waals surface area contributed by atoms with E-state index in [-0.39, 0.29) is 12.3 Å². The van der Waals surface area contributed by atoms with E-state index >= 15 is 0 Å². The van der Waals surface area contributed by atoms with Gasteiger partial charge in [-0.3, -0.25) is 9.59 Å². The van der Waals surface area contributed by atoms with Gasteiger partial charge in [-0.05, 0) is 31.6 Å². The van der Waals surface area contributed by atoms with Crippen molar-refractivity contribution < 1.29 is 14.7 Å². The third-order valence-corrected chi connectivity index (χ3v) is 5.44. The van der Waals surface area contributed by atoms with E-state index in [1.165, 1.54) is 25.7 Å². The zero-order valence-electron chi connectivity index (χ0n) is 13.3. The molecule has 21 heavy (non-hydrogen) atoms. The van der Waals surface area contributed by atoms with E-state index < -0.39 is 11.4 Å². The Labute approximate surface area is 127 Å². The van der Waals surface area contributed by atoms with E-state index in [4.69, 9.17) is 0 Å². The van der Waals surface area contributed by atoms with E-state index in [9.17, 15) is 14.7 Å². The largest absolute Gasteiger partial charge is 0.481 e. The molecule has 2 rings (SSSR count). The Hall–Kier alpha value is -1.06. The van der Waals surface area contributed by atoms with E-state index in [0.29, 0.717) is 18.8 Å². The number of carboxylic acid groups (broad SMARTS) is 1. The third kappa shape index (κ3) is 4.21. The Morgan fingerprint density at radius 2 is 1.62 bits per heavy atom. The number of carboxylic acids is 1. The van der Waals surface area contributed by atoms with Crippen molar-refractivity contribution in [2.45, 2.75) is 70.6 Å². The van der Waals surface area contributed by atoms with Crippen LogP contribution in [0.15, 0.2) is 0 Å². The summed E-state index contributed by atoms with van der Waals surface area (Å²) in [5.41, 5.74) is -0.808. The van der Waals surface area contributed by atoms with Crippen LogP contribution in [0.2, 0.25) is 0 Å². The zero-order valence-corrected chi connectivity index (χ0v) is 13.3. The van der Waals surface area contributed by atoms with Crippen molar-refractivity contribution >= 4 is 11.9 Å². The van der Waals surface area contributed by atoms with E-state index in [2.05, 4.69) is 0 Å². The lowest BCUT2D eigenvalue weighted by Gasteiger charge is -2.30. The first-order valence-electron chi connectivity index (χ1n) is 8.51. The Bertz CT molecular complexity index is 366. The Morgan fingerprint density at radius 3 is 2.14 bits per heavy atom. The highest BCUT2D eigenvalue weighted by Crippen LogP contribution is 2.39. The maximum absolute atomic E-state index is 12.5. The minimum atomic E-state index is -0.808. The molecule has 2 aliphatic rings. The molecule has 0 bridgehead atoms. The molecule has 0 aromatic carbocycles. The fourth-order valence-corrected chi connectivity index (χ4v) is 3.98. The molecule has 1 N–H and O–H groups in total.